The number of thiocarbonyl (C=S) groups is 1. The molecule has 0 amide bonds. The first kappa shape index (κ1) is 16.2. The number of alkyl halides is 3. The van der Waals surface area contributed by atoms with Crippen LogP contribution >= 0.6 is 12.2 Å². The minimum atomic E-state index is -4.36. The maximum atomic E-state index is 12.2. The van der Waals surface area contributed by atoms with E-state index < -0.39 is 11.7 Å². The molecule has 3 nitrogen and oxygen atoms in total. The van der Waals surface area contributed by atoms with E-state index in [0.717, 1.165) is 12.1 Å². The van der Waals surface area contributed by atoms with Crippen LogP contribution in [0.5, 0.6) is 0 Å². The monoisotopic (exact) mass is 268 g/mol. The number of hydrogen-bond acceptors (Lipinski definition) is 2. The van der Waals surface area contributed by atoms with Gasteiger partial charge in [-0.1, -0.05) is 0 Å². The molecular formula is C9H6F3N3NaS+. The number of benzene rings is 1. The topological polar surface area (TPSA) is 47.9 Å². The quantitative estimate of drug-likeness (QED) is 0.311. The Morgan fingerprint density at radius 2 is 1.76 bits per heavy atom. The molecule has 8 heteroatoms. The summed E-state index contributed by atoms with van der Waals surface area (Å²) in [7, 11) is 0. The van der Waals surface area contributed by atoms with Crippen LogP contribution in [0.15, 0.2) is 24.3 Å². The van der Waals surface area contributed by atoms with E-state index >= 15 is 0 Å². The van der Waals surface area contributed by atoms with Crippen molar-refractivity contribution in [3.8, 4) is 6.19 Å². The second-order valence-electron chi connectivity index (χ2n) is 2.77. The van der Waals surface area contributed by atoms with Gasteiger partial charge in [0.25, 0.3) is 0 Å². The zero-order chi connectivity index (χ0) is 12.2. The Hall–Kier alpha value is -0.810. The van der Waals surface area contributed by atoms with Crippen LogP contribution in [0.1, 0.15) is 5.56 Å². The molecule has 17 heavy (non-hydrogen) atoms. The van der Waals surface area contributed by atoms with Crippen LogP contribution in [0.3, 0.4) is 0 Å². The fourth-order valence-electron chi connectivity index (χ4n) is 0.956. The Bertz CT molecular complexity index is 425. The Balaban J connectivity index is 0.00000256. The van der Waals surface area contributed by atoms with Gasteiger partial charge in [-0.2, -0.15) is 18.4 Å². The van der Waals surface area contributed by atoms with Gasteiger partial charge in [-0.3, -0.25) is 5.32 Å². The van der Waals surface area contributed by atoms with Crippen LogP contribution in [0.2, 0.25) is 0 Å². The second-order valence-corrected chi connectivity index (χ2v) is 3.17. The molecule has 0 aromatic heterocycles. The van der Waals surface area contributed by atoms with Gasteiger partial charge in [0.1, 0.15) is 0 Å². The molecule has 0 aliphatic heterocycles. The van der Waals surface area contributed by atoms with Gasteiger partial charge in [-0.25, -0.2) is 0 Å². The van der Waals surface area contributed by atoms with Crippen molar-refractivity contribution in [3.05, 3.63) is 29.8 Å². The van der Waals surface area contributed by atoms with E-state index in [4.69, 9.17) is 5.26 Å². The molecule has 0 fully saturated rings. The van der Waals surface area contributed by atoms with Crippen molar-refractivity contribution >= 4 is 23.0 Å². The molecule has 0 aliphatic carbocycles. The van der Waals surface area contributed by atoms with Crippen molar-refractivity contribution in [2.24, 2.45) is 0 Å². The van der Waals surface area contributed by atoms with E-state index in [1.165, 1.54) is 12.1 Å². The summed E-state index contributed by atoms with van der Waals surface area (Å²) in [6.07, 6.45) is -2.77. The zero-order valence-electron chi connectivity index (χ0n) is 8.80. The third kappa shape index (κ3) is 5.37. The van der Waals surface area contributed by atoms with Crippen LogP contribution in [0.25, 0.3) is 0 Å². The van der Waals surface area contributed by atoms with Crippen LogP contribution in [0.4, 0.5) is 18.9 Å². The molecule has 2 N–H and O–H groups in total. The summed E-state index contributed by atoms with van der Waals surface area (Å²) >= 11 is 4.67. The number of hydrogen-bond donors (Lipinski definition) is 2. The number of nitrogens with zero attached hydrogens (tertiary/aromatic N) is 1. The van der Waals surface area contributed by atoms with Gasteiger partial charge in [0.05, 0.1) is 5.56 Å². The van der Waals surface area contributed by atoms with Crippen molar-refractivity contribution in [2.75, 3.05) is 5.32 Å². The summed E-state index contributed by atoms with van der Waals surface area (Å²) in [6.45, 7) is 0. The fourth-order valence-corrected chi connectivity index (χ4v) is 1.12. The zero-order valence-corrected chi connectivity index (χ0v) is 11.6. The maximum Gasteiger partial charge on any atom is 1.00 e. The molecule has 0 saturated carbocycles. The van der Waals surface area contributed by atoms with Gasteiger partial charge in [-0.05, 0) is 36.5 Å². The van der Waals surface area contributed by atoms with Crippen LogP contribution in [-0.4, -0.2) is 5.11 Å². The van der Waals surface area contributed by atoms with Crippen molar-refractivity contribution in [3.63, 3.8) is 0 Å². The number of nitrogens with one attached hydrogen (secondary N) is 2. The number of rotatable bonds is 1. The molecule has 1 aromatic carbocycles. The average molecular weight is 268 g/mol. The third-order valence-electron chi connectivity index (χ3n) is 1.64. The van der Waals surface area contributed by atoms with E-state index in [-0.39, 0.29) is 34.7 Å². The van der Waals surface area contributed by atoms with E-state index in [2.05, 4.69) is 22.9 Å². The normalized spacial score (nSPS) is 9.76. The molecule has 84 valence electrons. The van der Waals surface area contributed by atoms with Crippen molar-refractivity contribution in [1.82, 2.24) is 5.32 Å². The molecule has 0 bridgehead atoms. The molecule has 0 saturated heterocycles. The molecule has 0 atom stereocenters. The maximum absolute atomic E-state index is 12.2. The van der Waals surface area contributed by atoms with Crippen LogP contribution in [0, 0.1) is 11.5 Å². The first-order chi connectivity index (χ1) is 7.43. The van der Waals surface area contributed by atoms with Crippen LogP contribution < -0.4 is 40.2 Å². The van der Waals surface area contributed by atoms with E-state index in [9.17, 15) is 13.2 Å². The van der Waals surface area contributed by atoms with Gasteiger partial charge in [0.15, 0.2) is 11.3 Å². The first-order valence-electron chi connectivity index (χ1n) is 4.07. The molecule has 1 aromatic rings. The molecular weight excluding hydrogens is 262 g/mol. The molecule has 0 heterocycles. The third-order valence-corrected chi connectivity index (χ3v) is 1.84. The predicted molar refractivity (Wildman–Crippen MR) is 56.4 cm³/mol. The Morgan fingerprint density at radius 1 is 1.24 bits per heavy atom. The largest absolute Gasteiger partial charge is 1.00 e. The number of anilines is 1. The van der Waals surface area contributed by atoms with Gasteiger partial charge in [0, 0.05) is 5.69 Å². The van der Waals surface area contributed by atoms with Crippen molar-refractivity contribution in [2.45, 2.75) is 6.18 Å². The van der Waals surface area contributed by atoms with E-state index in [1.807, 2.05) is 0 Å². The van der Waals surface area contributed by atoms with Gasteiger partial charge in [-0.15, -0.1) is 0 Å². The summed E-state index contributed by atoms with van der Waals surface area (Å²) in [5.41, 5.74) is -0.363. The van der Waals surface area contributed by atoms with Gasteiger partial charge < -0.3 is 5.32 Å². The minimum Gasteiger partial charge on any atom is -0.332 e. The number of halogens is 3. The standard InChI is InChI=1S/C9H6F3N3S.Na/c10-9(11,12)6-1-3-7(4-2-6)15-8(16)14-5-13;/h1-4H,(H2,14,15,16);/q;+1. The summed E-state index contributed by atoms with van der Waals surface area (Å²) in [4.78, 5) is 0. The summed E-state index contributed by atoms with van der Waals surface area (Å²) in [5.74, 6) is 0. The minimum absolute atomic E-state index is 0. The van der Waals surface area contributed by atoms with E-state index in [0.29, 0.717) is 5.69 Å². The SMILES string of the molecule is N#CNC(=S)Nc1ccc(C(F)(F)F)cc1.[Na+]. The molecule has 0 unspecified atom stereocenters. The predicted octanol–water partition coefficient (Wildman–Crippen LogP) is -0.523. The van der Waals surface area contributed by atoms with Crippen LogP contribution in [-0.2, 0) is 6.18 Å². The van der Waals surface area contributed by atoms with Crippen molar-refractivity contribution in [1.29, 1.82) is 5.26 Å². The summed E-state index contributed by atoms with van der Waals surface area (Å²) < 4.78 is 36.6. The number of nitriles is 1. The Kier molecular flexibility index (Phi) is 6.49. The molecule has 0 aliphatic rings. The van der Waals surface area contributed by atoms with Gasteiger partial charge >= 0.3 is 35.7 Å². The van der Waals surface area contributed by atoms with Gasteiger partial charge in [0.2, 0.25) is 0 Å². The molecule has 0 spiro atoms. The Morgan fingerprint density at radius 3 is 2.18 bits per heavy atom. The van der Waals surface area contributed by atoms with E-state index in [1.54, 1.807) is 6.19 Å². The Labute approximate surface area is 123 Å². The summed E-state index contributed by atoms with van der Waals surface area (Å²) in [6, 6.07) is 4.32. The first-order valence-corrected chi connectivity index (χ1v) is 4.47. The fraction of sp³-hybridized carbons (Fsp3) is 0.111. The smallest absolute Gasteiger partial charge is 0.332 e. The average Bonchev–Trinajstić information content (AvgIpc) is 2.17. The second kappa shape index (κ2) is 6.81. The summed E-state index contributed by atoms with van der Waals surface area (Å²) in [5, 5.41) is 13.0. The molecule has 1 rings (SSSR count). The van der Waals surface area contributed by atoms with Crippen molar-refractivity contribution < 1.29 is 42.7 Å². The molecule has 0 radical (unpaired) electrons.